The third-order valence-electron chi connectivity index (χ3n) is 1.90. The van der Waals surface area contributed by atoms with E-state index in [0.717, 1.165) is 10.5 Å². The van der Waals surface area contributed by atoms with Crippen molar-refractivity contribution < 1.29 is 5.21 Å². The fourth-order valence-electron chi connectivity index (χ4n) is 1.15. The van der Waals surface area contributed by atoms with Gasteiger partial charge in [0.05, 0.1) is 5.71 Å². The van der Waals surface area contributed by atoms with Crippen LogP contribution in [0.5, 0.6) is 0 Å². The van der Waals surface area contributed by atoms with Crippen molar-refractivity contribution in [3.63, 3.8) is 0 Å². The fourth-order valence-corrected chi connectivity index (χ4v) is 1.89. The molecular weight excluding hydrogens is 182 g/mol. The standard InChI is InChI=1S/C10H13NOS/c1-7-4-5-9(8(2)11-12)10(6-7)13-3/h4-6,12H,1-3H3/b11-8+. The SMILES string of the molecule is CSc1cc(C)ccc1/C(C)=N/O. The van der Waals surface area contributed by atoms with Gasteiger partial charge in [0.25, 0.3) is 0 Å². The van der Waals surface area contributed by atoms with Crippen molar-refractivity contribution in [2.75, 3.05) is 6.26 Å². The van der Waals surface area contributed by atoms with Crippen molar-refractivity contribution in [2.24, 2.45) is 5.16 Å². The number of hydrogen-bond donors (Lipinski definition) is 1. The molecule has 1 rings (SSSR count). The van der Waals surface area contributed by atoms with E-state index in [4.69, 9.17) is 5.21 Å². The van der Waals surface area contributed by atoms with Crippen molar-refractivity contribution in [1.29, 1.82) is 0 Å². The second-order valence-electron chi connectivity index (χ2n) is 2.89. The third kappa shape index (κ3) is 2.25. The van der Waals surface area contributed by atoms with E-state index in [1.165, 1.54) is 5.56 Å². The lowest BCUT2D eigenvalue weighted by atomic mass is 10.1. The molecule has 3 heteroatoms. The Morgan fingerprint density at radius 2 is 2.15 bits per heavy atom. The molecule has 0 fully saturated rings. The molecule has 0 heterocycles. The highest BCUT2D eigenvalue weighted by Gasteiger charge is 2.04. The van der Waals surface area contributed by atoms with Gasteiger partial charge in [-0.15, -0.1) is 11.8 Å². The monoisotopic (exact) mass is 195 g/mol. The summed E-state index contributed by atoms with van der Waals surface area (Å²) in [6, 6.07) is 6.09. The maximum Gasteiger partial charge on any atom is 0.0848 e. The van der Waals surface area contributed by atoms with Crippen molar-refractivity contribution in [3.8, 4) is 0 Å². The summed E-state index contributed by atoms with van der Waals surface area (Å²) in [5.74, 6) is 0. The van der Waals surface area contributed by atoms with Gasteiger partial charge < -0.3 is 5.21 Å². The van der Waals surface area contributed by atoms with Crippen LogP contribution in [0.2, 0.25) is 0 Å². The Labute approximate surface area is 82.7 Å². The predicted molar refractivity (Wildman–Crippen MR) is 57.0 cm³/mol. The number of rotatable bonds is 2. The molecule has 0 saturated carbocycles. The maximum absolute atomic E-state index is 8.66. The van der Waals surface area contributed by atoms with E-state index >= 15 is 0 Å². The first-order chi connectivity index (χ1) is 6.19. The average Bonchev–Trinajstić information content (AvgIpc) is 2.16. The molecule has 13 heavy (non-hydrogen) atoms. The van der Waals surface area contributed by atoms with Crippen LogP contribution in [0.1, 0.15) is 18.1 Å². The van der Waals surface area contributed by atoms with E-state index in [0.29, 0.717) is 5.71 Å². The van der Waals surface area contributed by atoms with Crippen LogP contribution < -0.4 is 0 Å². The Balaban J connectivity index is 3.21. The largest absolute Gasteiger partial charge is 0.411 e. The average molecular weight is 195 g/mol. The van der Waals surface area contributed by atoms with Crippen LogP contribution in [0.15, 0.2) is 28.3 Å². The Bertz CT molecular complexity index is 334. The second kappa shape index (κ2) is 4.33. The van der Waals surface area contributed by atoms with Crippen LogP contribution in [0.25, 0.3) is 0 Å². The van der Waals surface area contributed by atoms with Crippen molar-refractivity contribution in [2.45, 2.75) is 18.7 Å². The summed E-state index contributed by atoms with van der Waals surface area (Å²) >= 11 is 1.66. The zero-order valence-electron chi connectivity index (χ0n) is 8.03. The van der Waals surface area contributed by atoms with E-state index in [-0.39, 0.29) is 0 Å². The van der Waals surface area contributed by atoms with Crippen molar-refractivity contribution in [3.05, 3.63) is 29.3 Å². The van der Waals surface area contributed by atoms with Gasteiger partial charge in [-0.05, 0) is 31.7 Å². The van der Waals surface area contributed by atoms with Gasteiger partial charge in [0.15, 0.2) is 0 Å². The zero-order valence-corrected chi connectivity index (χ0v) is 8.85. The number of aryl methyl sites for hydroxylation is 1. The number of hydrogen-bond acceptors (Lipinski definition) is 3. The first kappa shape index (κ1) is 10.1. The molecule has 0 bridgehead atoms. The molecule has 1 N–H and O–H groups in total. The third-order valence-corrected chi connectivity index (χ3v) is 2.67. The number of benzene rings is 1. The minimum Gasteiger partial charge on any atom is -0.411 e. The van der Waals surface area contributed by atoms with E-state index in [2.05, 4.69) is 18.1 Å². The summed E-state index contributed by atoms with van der Waals surface area (Å²) in [5.41, 5.74) is 2.88. The van der Waals surface area contributed by atoms with E-state index < -0.39 is 0 Å². The highest BCUT2D eigenvalue weighted by molar-refractivity contribution is 7.98. The molecule has 0 amide bonds. The van der Waals surface area contributed by atoms with Gasteiger partial charge in [0.2, 0.25) is 0 Å². The van der Waals surface area contributed by atoms with Crippen molar-refractivity contribution in [1.82, 2.24) is 0 Å². The zero-order chi connectivity index (χ0) is 9.84. The molecule has 0 aliphatic carbocycles. The molecule has 0 spiro atoms. The first-order valence-electron chi connectivity index (χ1n) is 4.02. The summed E-state index contributed by atoms with van der Waals surface area (Å²) in [4.78, 5) is 1.15. The summed E-state index contributed by atoms with van der Waals surface area (Å²) in [5, 5.41) is 11.9. The van der Waals surface area contributed by atoms with Gasteiger partial charge in [-0.1, -0.05) is 17.3 Å². The van der Waals surface area contributed by atoms with Gasteiger partial charge in [-0.2, -0.15) is 0 Å². The second-order valence-corrected chi connectivity index (χ2v) is 3.74. The van der Waals surface area contributed by atoms with Gasteiger partial charge >= 0.3 is 0 Å². The van der Waals surface area contributed by atoms with Crippen molar-refractivity contribution >= 4 is 17.5 Å². The molecule has 0 saturated heterocycles. The van der Waals surface area contributed by atoms with E-state index in [9.17, 15) is 0 Å². The van der Waals surface area contributed by atoms with Crippen LogP contribution in [0, 0.1) is 6.92 Å². The quantitative estimate of drug-likeness (QED) is 0.340. The van der Waals surface area contributed by atoms with Gasteiger partial charge in [0.1, 0.15) is 0 Å². The number of thioether (sulfide) groups is 1. The minimum atomic E-state index is 0.657. The molecular formula is C10H13NOS. The number of oxime groups is 1. The molecule has 70 valence electrons. The van der Waals surface area contributed by atoms with Gasteiger partial charge in [-0.25, -0.2) is 0 Å². The summed E-state index contributed by atoms with van der Waals surface area (Å²) in [6.07, 6.45) is 2.02. The summed E-state index contributed by atoms with van der Waals surface area (Å²) in [6.45, 7) is 3.85. The highest BCUT2D eigenvalue weighted by Crippen LogP contribution is 2.22. The van der Waals surface area contributed by atoms with E-state index in [1.54, 1.807) is 18.7 Å². The lowest BCUT2D eigenvalue weighted by Crippen LogP contribution is -1.97. The molecule has 0 atom stereocenters. The minimum absolute atomic E-state index is 0.657. The molecule has 0 unspecified atom stereocenters. The number of nitrogens with zero attached hydrogens (tertiary/aromatic N) is 1. The lowest BCUT2D eigenvalue weighted by Gasteiger charge is -2.06. The molecule has 1 aromatic rings. The highest BCUT2D eigenvalue weighted by atomic mass is 32.2. The first-order valence-corrected chi connectivity index (χ1v) is 5.25. The van der Waals surface area contributed by atoms with Crippen LogP contribution in [0.4, 0.5) is 0 Å². The van der Waals surface area contributed by atoms with Gasteiger partial charge in [-0.3, -0.25) is 0 Å². The fraction of sp³-hybridized carbons (Fsp3) is 0.300. The van der Waals surface area contributed by atoms with Crippen LogP contribution in [-0.2, 0) is 0 Å². The van der Waals surface area contributed by atoms with Crippen LogP contribution in [-0.4, -0.2) is 17.2 Å². The van der Waals surface area contributed by atoms with Crippen LogP contribution >= 0.6 is 11.8 Å². The molecule has 0 aliphatic rings. The molecule has 1 aromatic carbocycles. The molecule has 0 aromatic heterocycles. The Morgan fingerprint density at radius 1 is 1.46 bits per heavy atom. The summed E-state index contributed by atoms with van der Waals surface area (Å²) in [7, 11) is 0. The van der Waals surface area contributed by atoms with E-state index in [1.807, 2.05) is 18.4 Å². The molecule has 0 aliphatic heterocycles. The van der Waals surface area contributed by atoms with Gasteiger partial charge in [0, 0.05) is 10.5 Å². The predicted octanol–water partition coefficient (Wildman–Crippen LogP) is 2.92. The molecule has 2 nitrogen and oxygen atoms in total. The summed E-state index contributed by atoms with van der Waals surface area (Å²) < 4.78 is 0. The Morgan fingerprint density at radius 3 is 2.69 bits per heavy atom. The smallest absolute Gasteiger partial charge is 0.0848 e. The Kier molecular flexibility index (Phi) is 3.37. The van der Waals surface area contributed by atoms with Crippen LogP contribution in [0.3, 0.4) is 0 Å². The normalized spacial score (nSPS) is 11.8. The lowest BCUT2D eigenvalue weighted by molar-refractivity contribution is 0.319. The Hall–Kier alpha value is -0.960. The molecule has 0 radical (unpaired) electrons. The topological polar surface area (TPSA) is 32.6 Å². The maximum atomic E-state index is 8.66.